The number of rotatable bonds is 6. The van der Waals surface area contributed by atoms with Crippen LogP contribution in [0.3, 0.4) is 0 Å². The average molecular weight is 403 g/mol. The molecule has 0 spiro atoms. The van der Waals surface area contributed by atoms with Gasteiger partial charge in [-0.05, 0) is 18.6 Å². The van der Waals surface area contributed by atoms with Crippen molar-refractivity contribution in [1.29, 1.82) is 0 Å². The van der Waals surface area contributed by atoms with Crippen LogP contribution in [0.2, 0.25) is 0 Å². The zero-order valence-corrected chi connectivity index (χ0v) is 15.5. The van der Waals surface area contributed by atoms with Crippen molar-refractivity contribution in [2.75, 3.05) is 11.9 Å². The SMILES string of the molecule is CCOc1c(-c2ccccc2)cc(F)c(NC(=O)c2cscc2C(=O)O)c1F. The summed E-state index contributed by atoms with van der Waals surface area (Å²) in [5.74, 6) is -4.50. The molecule has 1 heterocycles. The average Bonchev–Trinajstić information content (AvgIpc) is 3.18. The fourth-order valence-electron chi connectivity index (χ4n) is 2.65. The zero-order chi connectivity index (χ0) is 20.3. The Morgan fingerprint density at radius 3 is 2.46 bits per heavy atom. The van der Waals surface area contributed by atoms with Crippen LogP contribution >= 0.6 is 11.3 Å². The van der Waals surface area contributed by atoms with Crippen molar-refractivity contribution in [3.8, 4) is 16.9 Å². The van der Waals surface area contributed by atoms with Crippen LogP contribution in [0, 0.1) is 11.6 Å². The third-order valence-electron chi connectivity index (χ3n) is 3.92. The van der Waals surface area contributed by atoms with E-state index >= 15 is 4.39 Å². The zero-order valence-electron chi connectivity index (χ0n) is 14.7. The molecule has 28 heavy (non-hydrogen) atoms. The van der Waals surface area contributed by atoms with Gasteiger partial charge in [0.2, 0.25) is 0 Å². The molecule has 1 amide bonds. The number of hydrogen-bond donors (Lipinski definition) is 2. The van der Waals surface area contributed by atoms with Gasteiger partial charge in [0.05, 0.1) is 17.7 Å². The lowest BCUT2D eigenvalue weighted by Crippen LogP contribution is -2.17. The number of benzene rings is 2. The molecule has 2 N–H and O–H groups in total. The van der Waals surface area contributed by atoms with E-state index in [2.05, 4.69) is 5.32 Å². The van der Waals surface area contributed by atoms with Crippen LogP contribution in [0.25, 0.3) is 11.1 Å². The number of hydrogen-bond acceptors (Lipinski definition) is 4. The number of anilines is 1. The number of nitrogens with one attached hydrogen (secondary N) is 1. The van der Waals surface area contributed by atoms with E-state index in [9.17, 15) is 14.0 Å². The summed E-state index contributed by atoms with van der Waals surface area (Å²) in [5.41, 5.74) is -0.365. The smallest absolute Gasteiger partial charge is 0.337 e. The minimum atomic E-state index is -1.30. The third kappa shape index (κ3) is 3.72. The van der Waals surface area contributed by atoms with Crippen molar-refractivity contribution < 1.29 is 28.2 Å². The molecule has 0 saturated heterocycles. The van der Waals surface area contributed by atoms with Crippen LogP contribution in [0.1, 0.15) is 27.6 Å². The number of thiophene rings is 1. The lowest BCUT2D eigenvalue weighted by molar-refractivity contribution is 0.0693. The predicted octanol–water partition coefficient (Wildman–Crippen LogP) is 5.04. The fourth-order valence-corrected chi connectivity index (χ4v) is 3.45. The van der Waals surface area contributed by atoms with Gasteiger partial charge in [-0.3, -0.25) is 4.79 Å². The summed E-state index contributed by atoms with van der Waals surface area (Å²) in [7, 11) is 0. The van der Waals surface area contributed by atoms with Crippen LogP contribution in [-0.2, 0) is 0 Å². The summed E-state index contributed by atoms with van der Waals surface area (Å²) in [6, 6.07) is 9.65. The van der Waals surface area contributed by atoms with Crippen LogP contribution in [0.15, 0.2) is 47.2 Å². The highest BCUT2D eigenvalue weighted by Gasteiger charge is 2.24. The first-order chi connectivity index (χ1) is 13.4. The Morgan fingerprint density at radius 1 is 1.14 bits per heavy atom. The molecule has 0 fully saturated rings. The number of halogens is 2. The largest absolute Gasteiger partial charge is 0.490 e. The Morgan fingerprint density at radius 2 is 1.82 bits per heavy atom. The number of ether oxygens (including phenoxy) is 1. The Labute approximate surface area is 163 Å². The minimum absolute atomic E-state index is 0.128. The standard InChI is InChI=1S/C20H15F2NO4S/c1-2-27-18-12(11-6-4-3-5-7-11)8-15(21)17(16(18)22)23-19(24)13-9-28-10-14(13)20(25)26/h3-10H,2H2,1H3,(H,23,24)(H,25,26). The van der Waals surface area contributed by atoms with Gasteiger partial charge in [-0.25, -0.2) is 13.6 Å². The second-order valence-corrected chi connectivity index (χ2v) is 6.43. The van der Waals surface area contributed by atoms with E-state index in [1.807, 2.05) is 0 Å². The number of carboxylic acids is 1. The van der Waals surface area contributed by atoms with Crippen molar-refractivity contribution in [1.82, 2.24) is 0 Å². The quantitative estimate of drug-likeness (QED) is 0.604. The molecule has 0 aliphatic rings. The predicted molar refractivity (Wildman–Crippen MR) is 102 cm³/mol. The van der Waals surface area contributed by atoms with E-state index in [-0.39, 0.29) is 29.0 Å². The molecule has 3 rings (SSSR count). The summed E-state index contributed by atoms with van der Waals surface area (Å²) < 4.78 is 35.1. The Kier molecular flexibility index (Phi) is 5.70. The molecule has 0 saturated carbocycles. The summed E-state index contributed by atoms with van der Waals surface area (Å²) in [6.07, 6.45) is 0. The first-order valence-corrected chi connectivity index (χ1v) is 9.19. The van der Waals surface area contributed by atoms with Crippen molar-refractivity contribution in [3.05, 3.63) is 69.9 Å². The number of amides is 1. The highest BCUT2D eigenvalue weighted by molar-refractivity contribution is 7.08. The highest BCUT2D eigenvalue weighted by atomic mass is 32.1. The third-order valence-corrected chi connectivity index (χ3v) is 4.67. The van der Waals surface area contributed by atoms with Gasteiger partial charge in [0, 0.05) is 16.3 Å². The first-order valence-electron chi connectivity index (χ1n) is 8.25. The molecule has 5 nitrogen and oxygen atoms in total. The number of carbonyl (C=O) groups excluding carboxylic acids is 1. The fraction of sp³-hybridized carbons (Fsp3) is 0.100. The van der Waals surface area contributed by atoms with Crippen molar-refractivity contribution in [2.45, 2.75) is 6.92 Å². The van der Waals surface area contributed by atoms with Gasteiger partial charge < -0.3 is 15.2 Å². The van der Waals surface area contributed by atoms with E-state index in [0.29, 0.717) is 5.56 Å². The molecule has 1 aromatic heterocycles. The molecular weight excluding hydrogens is 388 g/mol. The Balaban J connectivity index is 2.05. The number of aromatic carboxylic acids is 1. The van der Waals surface area contributed by atoms with Gasteiger partial charge in [0.25, 0.3) is 5.91 Å². The summed E-state index contributed by atoms with van der Waals surface area (Å²) in [6.45, 7) is 1.78. The molecule has 0 atom stereocenters. The van der Waals surface area contributed by atoms with Crippen LogP contribution in [0.5, 0.6) is 5.75 Å². The van der Waals surface area contributed by atoms with Gasteiger partial charge in [-0.2, -0.15) is 11.3 Å². The normalized spacial score (nSPS) is 10.5. The molecule has 0 unspecified atom stereocenters. The van der Waals surface area contributed by atoms with E-state index in [4.69, 9.17) is 9.84 Å². The maximum Gasteiger partial charge on any atom is 0.337 e. The van der Waals surface area contributed by atoms with Crippen molar-refractivity contribution in [3.63, 3.8) is 0 Å². The van der Waals surface area contributed by atoms with Crippen molar-refractivity contribution >= 4 is 28.9 Å². The van der Waals surface area contributed by atoms with E-state index in [1.165, 1.54) is 10.8 Å². The van der Waals surface area contributed by atoms with E-state index in [0.717, 1.165) is 17.4 Å². The topological polar surface area (TPSA) is 75.6 Å². The Hall–Kier alpha value is -3.26. The van der Waals surface area contributed by atoms with Gasteiger partial charge in [-0.15, -0.1) is 0 Å². The number of carboxylic acid groups (broad SMARTS) is 1. The number of carbonyl (C=O) groups is 2. The molecule has 144 valence electrons. The van der Waals surface area contributed by atoms with Crippen molar-refractivity contribution in [2.24, 2.45) is 0 Å². The first kappa shape index (κ1) is 19.5. The second kappa shape index (κ2) is 8.18. The van der Waals surface area contributed by atoms with Crippen LogP contribution in [0.4, 0.5) is 14.5 Å². The molecule has 0 aliphatic carbocycles. The summed E-state index contributed by atoms with van der Waals surface area (Å²) in [5, 5.41) is 13.8. The Bertz CT molecular complexity index is 1030. The summed E-state index contributed by atoms with van der Waals surface area (Å²) in [4.78, 5) is 23.6. The second-order valence-electron chi connectivity index (χ2n) is 5.68. The maximum atomic E-state index is 15.0. The highest BCUT2D eigenvalue weighted by Crippen LogP contribution is 2.38. The van der Waals surface area contributed by atoms with Gasteiger partial charge >= 0.3 is 5.97 Å². The lowest BCUT2D eigenvalue weighted by Gasteiger charge is -2.16. The maximum absolute atomic E-state index is 15.0. The van der Waals surface area contributed by atoms with Crippen LogP contribution < -0.4 is 10.1 Å². The molecule has 2 aromatic carbocycles. The van der Waals surface area contributed by atoms with E-state index < -0.39 is 29.2 Å². The van der Waals surface area contributed by atoms with Gasteiger partial charge in [0.1, 0.15) is 5.69 Å². The molecular formula is C20H15F2NO4S. The lowest BCUT2D eigenvalue weighted by atomic mass is 10.0. The molecule has 3 aromatic rings. The van der Waals surface area contributed by atoms with Gasteiger partial charge in [0.15, 0.2) is 17.4 Å². The molecule has 0 radical (unpaired) electrons. The molecule has 0 bridgehead atoms. The molecule has 8 heteroatoms. The van der Waals surface area contributed by atoms with Crippen LogP contribution in [-0.4, -0.2) is 23.6 Å². The monoisotopic (exact) mass is 403 g/mol. The minimum Gasteiger partial charge on any atom is -0.490 e. The molecule has 0 aliphatic heterocycles. The summed E-state index contributed by atoms with van der Waals surface area (Å²) >= 11 is 0.999. The van der Waals surface area contributed by atoms with Gasteiger partial charge in [-0.1, -0.05) is 30.3 Å². The van der Waals surface area contributed by atoms with E-state index in [1.54, 1.807) is 37.3 Å².